The van der Waals surface area contributed by atoms with Crippen LogP contribution in [0.2, 0.25) is 0 Å². The van der Waals surface area contributed by atoms with Crippen LogP contribution in [-0.4, -0.2) is 23.0 Å². The molecule has 1 atom stereocenters. The van der Waals surface area contributed by atoms with E-state index < -0.39 is 17.0 Å². The van der Waals surface area contributed by atoms with Gasteiger partial charge in [-0.3, -0.25) is 4.99 Å². The second-order valence-corrected chi connectivity index (χ2v) is 5.85. The van der Waals surface area contributed by atoms with Crippen molar-refractivity contribution < 1.29 is 9.13 Å². The first kappa shape index (κ1) is 13.4. The Morgan fingerprint density at radius 1 is 1.39 bits per heavy atom. The van der Waals surface area contributed by atoms with Crippen molar-refractivity contribution in [2.24, 2.45) is 10.7 Å². The lowest BCUT2D eigenvalue weighted by atomic mass is 9.94. The summed E-state index contributed by atoms with van der Waals surface area (Å²) in [5, 5.41) is 0. The first-order valence-electron chi connectivity index (χ1n) is 5.57. The predicted octanol–water partition coefficient (Wildman–Crippen LogP) is 2.36. The van der Waals surface area contributed by atoms with Gasteiger partial charge in [0.05, 0.1) is 6.61 Å². The van der Waals surface area contributed by atoms with E-state index in [0.29, 0.717) is 10.4 Å². The van der Waals surface area contributed by atoms with Crippen molar-refractivity contribution >= 4 is 21.8 Å². The van der Waals surface area contributed by atoms with Crippen LogP contribution in [0.25, 0.3) is 0 Å². The Morgan fingerprint density at radius 3 is 2.67 bits per heavy atom. The Labute approximate surface area is 114 Å². The van der Waals surface area contributed by atoms with E-state index in [1.54, 1.807) is 13.0 Å². The second kappa shape index (κ2) is 4.28. The number of ether oxygens (including phenoxy) is 1. The SMILES string of the molecule is CC1(C)OC[C@@](C)(c2nc(Br)ccc2F)N=C1N. The maximum Gasteiger partial charge on any atom is 0.147 e. The fourth-order valence-electron chi connectivity index (χ4n) is 1.74. The van der Waals surface area contributed by atoms with Crippen molar-refractivity contribution in [2.45, 2.75) is 31.9 Å². The van der Waals surface area contributed by atoms with Gasteiger partial charge in [0.25, 0.3) is 0 Å². The minimum atomic E-state index is -0.895. The van der Waals surface area contributed by atoms with Crippen LogP contribution in [0, 0.1) is 5.82 Å². The number of rotatable bonds is 1. The van der Waals surface area contributed by atoms with E-state index in [-0.39, 0.29) is 12.3 Å². The summed E-state index contributed by atoms with van der Waals surface area (Å²) in [5.74, 6) is -0.0713. The summed E-state index contributed by atoms with van der Waals surface area (Å²) in [4.78, 5) is 8.53. The monoisotopic (exact) mass is 315 g/mol. The van der Waals surface area contributed by atoms with Crippen LogP contribution in [0.5, 0.6) is 0 Å². The molecule has 2 N–H and O–H groups in total. The predicted molar refractivity (Wildman–Crippen MR) is 70.9 cm³/mol. The molecule has 1 aliphatic rings. The molecule has 1 aromatic heterocycles. The summed E-state index contributed by atoms with van der Waals surface area (Å²) in [6, 6.07) is 2.89. The fourth-order valence-corrected chi connectivity index (χ4v) is 2.05. The van der Waals surface area contributed by atoms with Crippen LogP contribution in [0.15, 0.2) is 21.7 Å². The molecule has 6 heteroatoms. The average molecular weight is 316 g/mol. The van der Waals surface area contributed by atoms with Gasteiger partial charge in [-0.25, -0.2) is 9.37 Å². The van der Waals surface area contributed by atoms with E-state index in [2.05, 4.69) is 25.9 Å². The van der Waals surface area contributed by atoms with Gasteiger partial charge in [0, 0.05) is 0 Å². The number of aromatic nitrogens is 1. The molecule has 0 bridgehead atoms. The number of hydrogen-bond donors (Lipinski definition) is 1. The third-order valence-electron chi connectivity index (χ3n) is 3.02. The van der Waals surface area contributed by atoms with Crippen LogP contribution in [0.4, 0.5) is 4.39 Å². The maximum atomic E-state index is 13.9. The highest BCUT2D eigenvalue weighted by atomic mass is 79.9. The molecule has 0 unspecified atom stereocenters. The number of hydrogen-bond acceptors (Lipinski definition) is 4. The summed E-state index contributed by atoms with van der Waals surface area (Å²) in [7, 11) is 0. The molecule has 0 saturated carbocycles. The first-order valence-corrected chi connectivity index (χ1v) is 6.36. The van der Waals surface area contributed by atoms with Crippen LogP contribution in [-0.2, 0) is 10.3 Å². The molecule has 98 valence electrons. The van der Waals surface area contributed by atoms with Gasteiger partial charge in [-0.15, -0.1) is 0 Å². The number of aliphatic imine (C=N–C) groups is 1. The molecule has 2 rings (SSSR count). The standard InChI is InChI=1S/C12H15BrFN3O/c1-11(2)10(15)17-12(3,6-18-11)9-7(14)4-5-8(13)16-9/h4-5H,6H2,1-3H3,(H2,15,17)/t12-/m0/s1. The third kappa shape index (κ3) is 2.27. The van der Waals surface area contributed by atoms with Gasteiger partial charge >= 0.3 is 0 Å². The van der Waals surface area contributed by atoms with Crippen LogP contribution < -0.4 is 5.73 Å². The van der Waals surface area contributed by atoms with Crippen LogP contribution in [0.1, 0.15) is 26.5 Å². The lowest BCUT2D eigenvalue weighted by Crippen LogP contribution is -2.50. The highest BCUT2D eigenvalue weighted by Crippen LogP contribution is 2.33. The first-order chi connectivity index (χ1) is 8.24. The maximum absolute atomic E-state index is 13.9. The quantitative estimate of drug-likeness (QED) is 0.809. The van der Waals surface area contributed by atoms with Crippen molar-refractivity contribution in [1.29, 1.82) is 0 Å². The summed E-state index contributed by atoms with van der Waals surface area (Å²) in [6.07, 6.45) is 0. The molecule has 0 aliphatic carbocycles. The summed E-state index contributed by atoms with van der Waals surface area (Å²) in [5.41, 5.74) is 4.59. The van der Waals surface area contributed by atoms with Crippen LogP contribution in [0.3, 0.4) is 0 Å². The van der Waals surface area contributed by atoms with E-state index in [4.69, 9.17) is 10.5 Å². The highest BCUT2D eigenvalue weighted by Gasteiger charge is 2.40. The largest absolute Gasteiger partial charge is 0.385 e. The van der Waals surface area contributed by atoms with Gasteiger partial charge < -0.3 is 10.5 Å². The molecule has 0 aromatic carbocycles. The molecule has 18 heavy (non-hydrogen) atoms. The Kier molecular flexibility index (Phi) is 3.19. The molecule has 0 saturated heterocycles. The fraction of sp³-hybridized carbons (Fsp3) is 0.500. The van der Waals surface area contributed by atoms with Gasteiger partial charge in [0.2, 0.25) is 0 Å². The van der Waals surface area contributed by atoms with Gasteiger partial charge in [-0.05, 0) is 48.8 Å². The topological polar surface area (TPSA) is 60.5 Å². The minimum Gasteiger partial charge on any atom is -0.385 e. The number of pyridine rings is 1. The van der Waals surface area contributed by atoms with Crippen molar-refractivity contribution in [3.05, 3.63) is 28.2 Å². The Bertz CT molecular complexity index is 518. The molecule has 4 nitrogen and oxygen atoms in total. The molecule has 1 aliphatic heterocycles. The molecular formula is C12H15BrFN3O. The molecule has 0 amide bonds. The van der Waals surface area contributed by atoms with Crippen LogP contribution >= 0.6 is 15.9 Å². The summed E-state index contributed by atoms with van der Waals surface area (Å²) >= 11 is 3.23. The van der Waals surface area contributed by atoms with E-state index in [1.807, 2.05) is 13.8 Å². The Hall–Kier alpha value is -1.01. The van der Waals surface area contributed by atoms with Gasteiger partial charge in [-0.1, -0.05) is 0 Å². The molecule has 1 aromatic rings. The van der Waals surface area contributed by atoms with Crippen molar-refractivity contribution in [3.63, 3.8) is 0 Å². The number of halogens is 2. The number of nitrogens with two attached hydrogens (primary N) is 1. The lowest BCUT2D eigenvalue weighted by Gasteiger charge is -2.37. The zero-order valence-corrected chi connectivity index (χ0v) is 12.1. The van der Waals surface area contributed by atoms with E-state index in [0.717, 1.165) is 0 Å². The minimum absolute atomic E-state index is 0.232. The molecule has 0 spiro atoms. The molecule has 2 heterocycles. The average Bonchev–Trinajstić information content (AvgIpc) is 2.28. The van der Waals surface area contributed by atoms with E-state index in [9.17, 15) is 4.39 Å². The Morgan fingerprint density at radius 2 is 2.06 bits per heavy atom. The normalized spacial score (nSPS) is 26.8. The second-order valence-electron chi connectivity index (χ2n) is 5.03. The number of nitrogens with zero attached hydrogens (tertiary/aromatic N) is 2. The zero-order chi connectivity index (χ0) is 13.6. The van der Waals surface area contributed by atoms with Crippen molar-refractivity contribution in [2.75, 3.05) is 6.61 Å². The molecule has 0 radical (unpaired) electrons. The highest BCUT2D eigenvalue weighted by molar-refractivity contribution is 9.10. The summed E-state index contributed by atoms with van der Waals surface area (Å²) in [6.45, 7) is 5.65. The smallest absolute Gasteiger partial charge is 0.147 e. The zero-order valence-electron chi connectivity index (χ0n) is 10.5. The molecular weight excluding hydrogens is 301 g/mol. The van der Waals surface area contributed by atoms with E-state index >= 15 is 0 Å². The number of amidine groups is 1. The summed E-state index contributed by atoms with van der Waals surface area (Å²) < 4.78 is 20.1. The van der Waals surface area contributed by atoms with Gasteiger partial charge in [0.1, 0.15) is 33.1 Å². The van der Waals surface area contributed by atoms with Crippen molar-refractivity contribution in [1.82, 2.24) is 4.98 Å². The Balaban J connectivity index is 2.50. The van der Waals surface area contributed by atoms with E-state index in [1.165, 1.54) is 6.07 Å². The van der Waals surface area contributed by atoms with Crippen molar-refractivity contribution in [3.8, 4) is 0 Å². The van der Waals surface area contributed by atoms with Gasteiger partial charge in [0.15, 0.2) is 0 Å². The van der Waals surface area contributed by atoms with Gasteiger partial charge in [-0.2, -0.15) is 0 Å². The lowest BCUT2D eigenvalue weighted by molar-refractivity contribution is -0.0105. The molecule has 0 fully saturated rings. The third-order valence-corrected chi connectivity index (χ3v) is 3.46.